The lowest BCUT2D eigenvalue weighted by atomic mass is 10.2. The quantitative estimate of drug-likeness (QED) is 0.577. The van der Waals surface area contributed by atoms with Crippen molar-refractivity contribution in [2.24, 2.45) is 0 Å². The van der Waals surface area contributed by atoms with Crippen LogP contribution in [0.25, 0.3) is 10.2 Å². The highest BCUT2D eigenvalue weighted by Gasteiger charge is 2.24. The van der Waals surface area contributed by atoms with E-state index in [-0.39, 0.29) is 4.34 Å². The fourth-order valence-corrected chi connectivity index (χ4v) is 4.80. The lowest BCUT2D eigenvalue weighted by Gasteiger charge is -2.03. The van der Waals surface area contributed by atoms with Crippen molar-refractivity contribution in [3.05, 3.63) is 71.4 Å². The Morgan fingerprint density at radius 3 is 2.62 bits per heavy atom. The molecule has 0 saturated carbocycles. The zero-order valence-electron chi connectivity index (χ0n) is 14.1. The number of sulfone groups is 1. The molecule has 3 rings (SSSR count). The molecule has 0 atom stereocenters. The molecule has 1 N–H and O–H groups in total. The predicted octanol–water partition coefficient (Wildman–Crippen LogP) is 4.45. The highest BCUT2D eigenvalue weighted by Crippen LogP contribution is 2.29. The molecule has 7 heteroatoms. The Bertz CT molecular complexity index is 966. The van der Waals surface area contributed by atoms with Gasteiger partial charge in [0.15, 0.2) is 0 Å². The van der Waals surface area contributed by atoms with Gasteiger partial charge in [-0.2, -0.15) is 4.39 Å². The normalized spacial score (nSPS) is 12.6. The number of thiazole rings is 1. The summed E-state index contributed by atoms with van der Waals surface area (Å²) in [6, 6.07) is 17.0. The van der Waals surface area contributed by atoms with Gasteiger partial charge >= 0.3 is 0 Å². The first-order valence-electron chi connectivity index (χ1n) is 8.28. The Kier molecular flexibility index (Phi) is 6.13. The summed E-state index contributed by atoms with van der Waals surface area (Å²) in [5.41, 5.74) is 1.74. The smallest absolute Gasteiger partial charge is 0.259 e. The lowest BCUT2D eigenvalue weighted by Crippen LogP contribution is -2.14. The van der Waals surface area contributed by atoms with Gasteiger partial charge in [-0.25, -0.2) is 13.4 Å². The molecule has 136 valence electrons. The number of hydrogen-bond donors (Lipinski definition) is 1. The molecular weight excluding hydrogens is 371 g/mol. The van der Waals surface area contributed by atoms with Crippen molar-refractivity contribution in [3.63, 3.8) is 0 Å². The molecule has 0 amide bonds. The van der Waals surface area contributed by atoms with E-state index in [2.05, 4.69) is 10.3 Å². The van der Waals surface area contributed by atoms with E-state index >= 15 is 0 Å². The molecular formula is C19H19FN2O2S2. The number of halogens is 1. The molecule has 2 aromatic carbocycles. The van der Waals surface area contributed by atoms with Crippen LogP contribution in [0.15, 0.2) is 70.2 Å². The van der Waals surface area contributed by atoms with Gasteiger partial charge in [0.1, 0.15) is 0 Å². The van der Waals surface area contributed by atoms with Crippen LogP contribution in [0.5, 0.6) is 0 Å². The average Bonchev–Trinajstić information content (AvgIpc) is 3.10. The Labute approximate surface area is 156 Å². The van der Waals surface area contributed by atoms with Crippen LogP contribution in [0.1, 0.15) is 18.4 Å². The first-order chi connectivity index (χ1) is 12.6. The Morgan fingerprint density at radius 2 is 1.85 bits per heavy atom. The second-order valence-electron chi connectivity index (χ2n) is 5.76. The molecule has 1 aromatic heterocycles. The van der Waals surface area contributed by atoms with Crippen molar-refractivity contribution in [2.45, 2.75) is 23.7 Å². The summed E-state index contributed by atoms with van der Waals surface area (Å²) in [5.74, 6) is 0. The van der Waals surface area contributed by atoms with Crippen LogP contribution in [0.2, 0.25) is 0 Å². The third-order valence-corrected chi connectivity index (χ3v) is 6.77. The maximum absolute atomic E-state index is 14.2. The van der Waals surface area contributed by atoms with E-state index in [1.807, 2.05) is 30.3 Å². The first-order valence-corrected chi connectivity index (χ1v) is 10.6. The van der Waals surface area contributed by atoms with Gasteiger partial charge in [-0.15, -0.1) is 11.3 Å². The number of nitrogens with zero attached hydrogens (tertiary/aromatic N) is 1. The molecule has 0 bridgehead atoms. The van der Waals surface area contributed by atoms with Crippen LogP contribution >= 0.6 is 11.3 Å². The number of unbranched alkanes of at least 4 members (excludes halogenated alkanes) is 1. The molecule has 0 aliphatic rings. The van der Waals surface area contributed by atoms with Crippen LogP contribution in [-0.4, -0.2) is 19.9 Å². The van der Waals surface area contributed by atoms with E-state index in [4.69, 9.17) is 0 Å². The maximum Gasteiger partial charge on any atom is 0.259 e. The standard InChI is InChI=1S/C19H19FN2O2S2/c20-18(12-6-7-13-21-14-15-8-2-1-3-9-15)26(23,24)19-22-16-10-4-5-11-17(16)25-19/h1-5,8-12,21H,6-7,13-14H2/b18-12-. The number of allylic oxidation sites excluding steroid dienone is 1. The molecule has 0 aliphatic carbocycles. The highest BCUT2D eigenvalue weighted by molar-refractivity contribution is 7.96. The summed E-state index contributed by atoms with van der Waals surface area (Å²) < 4.78 is 39.3. The molecule has 0 saturated heterocycles. The molecule has 1 heterocycles. The molecule has 0 fully saturated rings. The number of para-hydroxylation sites is 1. The molecule has 0 spiro atoms. The number of benzene rings is 2. The minimum atomic E-state index is -4.16. The van der Waals surface area contributed by atoms with Crippen molar-refractivity contribution >= 4 is 31.4 Å². The summed E-state index contributed by atoms with van der Waals surface area (Å²) in [5, 5.41) is 2.13. The van der Waals surface area contributed by atoms with Crippen LogP contribution < -0.4 is 5.32 Å². The zero-order chi connectivity index (χ0) is 18.4. The van der Waals surface area contributed by atoms with Crippen LogP contribution in [0, 0.1) is 0 Å². The number of hydrogen-bond acceptors (Lipinski definition) is 5. The van der Waals surface area contributed by atoms with Gasteiger partial charge in [0.2, 0.25) is 9.50 Å². The fraction of sp³-hybridized carbons (Fsp3) is 0.211. The van der Waals surface area contributed by atoms with Crippen LogP contribution in [0.3, 0.4) is 0 Å². The van der Waals surface area contributed by atoms with Gasteiger partial charge in [0.25, 0.3) is 9.84 Å². The molecule has 0 unspecified atom stereocenters. The number of rotatable bonds is 8. The second kappa shape index (κ2) is 8.53. The molecule has 3 aromatic rings. The van der Waals surface area contributed by atoms with Crippen molar-refractivity contribution in [2.75, 3.05) is 6.54 Å². The van der Waals surface area contributed by atoms with E-state index in [0.29, 0.717) is 24.9 Å². The topological polar surface area (TPSA) is 59.1 Å². The van der Waals surface area contributed by atoms with Gasteiger partial charge in [-0.05, 0) is 43.2 Å². The summed E-state index contributed by atoms with van der Waals surface area (Å²) in [6.07, 6.45) is 2.12. The lowest BCUT2D eigenvalue weighted by molar-refractivity contribution is 0.574. The van der Waals surface area contributed by atoms with Gasteiger partial charge < -0.3 is 5.32 Å². The van der Waals surface area contributed by atoms with Gasteiger partial charge in [-0.3, -0.25) is 0 Å². The van der Waals surface area contributed by atoms with Gasteiger partial charge in [-0.1, -0.05) is 42.5 Å². The minimum absolute atomic E-state index is 0.199. The molecule has 4 nitrogen and oxygen atoms in total. The first kappa shape index (κ1) is 18.7. The number of aromatic nitrogens is 1. The largest absolute Gasteiger partial charge is 0.313 e. The molecule has 0 aliphatic heterocycles. The molecule has 0 radical (unpaired) electrons. The minimum Gasteiger partial charge on any atom is -0.313 e. The number of fused-ring (bicyclic) bond motifs is 1. The summed E-state index contributed by atoms with van der Waals surface area (Å²) >= 11 is 0.985. The maximum atomic E-state index is 14.2. The van der Waals surface area contributed by atoms with Crippen molar-refractivity contribution in [1.82, 2.24) is 10.3 Å². The van der Waals surface area contributed by atoms with E-state index in [1.54, 1.807) is 24.3 Å². The Morgan fingerprint density at radius 1 is 1.12 bits per heavy atom. The van der Waals surface area contributed by atoms with E-state index in [0.717, 1.165) is 28.7 Å². The Balaban J connectivity index is 1.53. The third-order valence-electron chi connectivity index (χ3n) is 3.80. The van der Waals surface area contributed by atoms with Crippen molar-refractivity contribution in [3.8, 4) is 0 Å². The fourth-order valence-electron chi connectivity index (χ4n) is 2.43. The zero-order valence-corrected chi connectivity index (χ0v) is 15.7. The van der Waals surface area contributed by atoms with Crippen LogP contribution in [0.4, 0.5) is 4.39 Å². The van der Waals surface area contributed by atoms with Crippen LogP contribution in [-0.2, 0) is 16.4 Å². The highest BCUT2D eigenvalue weighted by atomic mass is 32.2. The summed E-state index contributed by atoms with van der Waals surface area (Å²) in [7, 11) is -4.16. The van der Waals surface area contributed by atoms with E-state index < -0.39 is 15.0 Å². The van der Waals surface area contributed by atoms with Gasteiger partial charge in [0.05, 0.1) is 10.2 Å². The SMILES string of the molecule is O=S(=O)(/C(F)=C\CCCNCc1ccccc1)c1nc2ccccc2s1. The van der Waals surface area contributed by atoms with E-state index in [1.165, 1.54) is 5.56 Å². The number of nitrogens with one attached hydrogen (secondary N) is 1. The Hall–Kier alpha value is -2.09. The summed E-state index contributed by atoms with van der Waals surface area (Å²) in [4.78, 5) is 4.03. The van der Waals surface area contributed by atoms with Gasteiger partial charge in [0, 0.05) is 6.54 Å². The third kappa shape index (κ3) is 4.55. The second-order valence-corrected chi connectivity index (χ2v) is 8.84. The van der Waals surface area contributed by atoms with Crippen molar-refractivity contribution in [1.29, 1.82) is 0 Å². The predicted molar refractivity (Wildman–Crippen MR) is 103 cm³/mol. The van der Waals surface area contributed by atoms with E-state index in [9.17, 15) is 12.8 Å². The average molecular weight is 391 g/mol. The molecule has 26 heavy (non-hydrogen) atoms. The van der Waals surface area contributed by atoms with Crippen molar-refractivity contribution < 1.29 is 12.8 Å². The monoisotopic (exact) mass is 390 g/mol. The summed E-state index contributed by atoms with van der Waals surface area (Å²) in [6.45, 7) is 1.41.